The van der Waals surface area contributed by atoms with Crippen molar-refractivity contribution < 1.29 is 19.0 Å². The van der Waals surface area contributed by atoms with Gasteiger partial charge >= 0.3 is 5.97 Å². The van der Waals surface area contributed by atoms with Gasteiger partial charge in [-0.25, -0.2) is 4.39 Å². The fourth-order valence-electron chi connectivity index (χ4n) is 4.34. The summed E-state index contributed by atoms with van der Waals surface area (Å²) in [4.78, 5) is 13.4. The molecule has 3 aromatic rings. The molecule has 4 rings (SSSR count). The minimum Gasteiger partial charge on any atom is -0.481 e. The van der Waals surface area contributed by atoms with Crippen molar-refractivity contribution in [2.75, 3.05) is 4.90 Å². The van der Waals surface area contributed by atoms with Crippen LogP contribution in [0, 0.1) is 5.82 Å². The van der Waals surface area contributed by atoms with Crippen molar-refractivity contribution in [2.24, 2.45) is 0 Å². The molecule has 1 fully saturated rings. The van der Waals surface area contributed by atoms with E-state index in [4.69, 9.17) is 4.74 Å². The number of hydrogen-bond acceptors (Lipinski definition) is 3. The van der Waals surface area contributed by atoms with Crippen molar-refractivity contribution >= 4 is 11.7 Å². The molecule has 2 unspecified atom stereocenters. The number of hydrogen-bond donors (Lipinski definition) is 1. The van der Waals surface area contributed by atoms with Crippen LogP contribution >= 0.6 is 0 Å². The zero-order valence-corrected chi connectivity index (χ0v) is 17.5. The van der Waals surface area contributed by atoms with Gasteiger partial charge in [0.25, 0.3) is 0 Å². The van der Waals surface area contributed by atoms with E-state index in [-0.39, 0.29) is 18.3 Å². The third-order valence-electron chi connectivity index (χ3n) is 5.82. The zero-order valence-electron chi connectivity index (χ0n) is 17.5. The van der Waals surface area contributed by atoms with Crippen LogP contribution in [-0.2, 0) is 11.2 Å². The van der Waals surface area contributed by atoms with Gasteiger partial charge in [0.05, 0.1) is 6.42 Å². The molecule has 1 aliphatic heterocycles. The van der Waals surface area contributed by atoms with Gasteiger partial charge in [-0.3, -0.25) is 4.79 Å². The van der Waals surface area contributed by atoms with Crippen molar-refractivity contribution in [3.05, 3.63) is 89.7 Å². The van der Waals surface area contributed by atoms with Crippen molar-refractivity contribution in [1.82, 2.24) is 0 Å². The molecule has 0 amide bonds. The van der Waals surface area contributed by atoms with E-state index in [9.17, 15) is 14.3 Å². The van der Waals surface area contributed by atoms with Crippen LogP contribution in [0.2, 0.25) is 0 Å². The Bertz CT molecular complexity index is 1050. The molecule has 4 nitrogen and oxygen atoms in total. The molecule has 5 heteroatoms. The average molecular weight is 419 g/mol. The summed E-state index contributed by atoms with van der Waals surface area (Å²) in [6.45, 7) is 2.13. The first-order valence-corrected chi connectivity index (χ1v) is 10.6. The second-order valence-corrected chi connectivity index (χ2v) is 8.10. The van der Waals surface area contributed by atoms with Crippen LogP contribution in [-0.4, -0.2) is 23.2 Å². The molecule has 0 spiro atoms. The molecule has 1 aliphatic rings. The number of aliphatic carboxylic acids is 1. The van der Waals surface area contributed by atoms with E-state index in [0.717, 1.165) is 24.1 Å². The molecular formula is C26H26FNO3. The zero-order chi connectivity index (χ0) is 21.8. The lowest BCUT2D eigenvalue weighted by Gasteiger charge is -2.30. The largest absolute Gasteiger partial charge is 0.481 e. The Labute approximate surface area is 181 Å². The number of carboxylic acid groups (broad SMARTS) is 1. The van der Waals surface area contributed by atoms with Crippen LogP contribution in [0.4, 0.5) is 10.1 Å². The predicted octanol–water partition coefficient (Wildman–Crippen LogP) is 6.04. The standard InChI is InChI=1S/C26H26FNO3/c1-18-9-10-22(17-26(29)30)28(18)21-11-13-23(14-12-21)31-24-7-4-5-19(16-24)15-20-6-2-3-8-25(20)27/h2-8,11-14,16,18,22H,9-10,15,17H2,1H3,(H,29,30). The van der Waals surface area contributed by atoms with Gasteiger partial charge in [-0.05, 0) is 73.4 Å². The third kappa shape index (κ3) is 5.05. The second kappa shape index (κ2) is 9.21. The van der Waals surface area contributed by atoms with Crippen molar-refractivity contribution in [3.63, 3.8) is 0 Å². The third-order valence-corrected chi connectivity index (χ3v) is 5.82. The van der Waals surface area contributed by atoms with E-state index in [1.54, 1.807) is 12.1 Å². The molecule has 0 radical (unpaired) electrons. The molecule has 0 saturated carbocycles. The molecule has 1 heterocycles. The molecule has 0 aliphatic carbocycles. The number of benzene rings is 3. The lowest BCUT2D eigenvalue weighted by Crippen LogP contribution is -2.35. The van der Waals surface area contributed by atoms with Crippen molar-refractivity contribution in [2.45, 2.75) is 44.7 Å². The minimum atomic E-state index is -0.765. The first-order valence-electron chi connectivity index (χ1n) is 10.6. The fourth-order valence-corrected chi connectivity index (χ4v) is 4.34. The Morgan fingerprint density at radius 3 is 2.55 bits per heavy atom. The number of halogens is 1. The second-order valence-electron chi connectivity index (χ2n) is 8.10. The molecule has 31 heavy (non-hydrogen) atoms. The smallest absolute Gasteiger partial charge is 0.305 e. The first kappa shape index (κ1) is 20.9. The normalized spacial score (nSPS) is 18.2. The summed E-state index contributed by atoms with van der Waals surface area (Å²) in [7, 11) is 0. The lowest BCUT2D eigenvalue weighted by molar-refractivity contribution is -0.137. The first-order chi connectivity index (χ1) is 15.0. The van der Waals surface area contributed by atoms with E-state index in [1.807, 2.05) is 54.6 Å². The molecule has 1 saturated heterocycles. The van der Waals surface area contributed by atoms with Crippen LogP contribution in [0.3, 0.4) is 0 Å². The number of ether oxygens (including phenoxy) is 1. The molecule has 2 atom stereocenters. The highest BCUT2D eigenvalue weighted by molar-refractivity contribution is 5.69. The Balaban J connectivity index is 1.46. The molecule has 0 aromatic heterocycles. The van der Waals surface area contributed by atoms with E-state index >= 15 is 0 Å². The Morgan fingerprint density at radius 1 is 1.03 bits per heavy atom. The summed E-state index contributed by atoms with van der Waals surface area (Å²) in [6, 6.07) is 22.6. The SMILES string of the molecule is CC1CCC(CC(=O)O)N1c1ccc(Oc2cccc(Cc3ccccc3F)c2)cc1. The molecule has 1 N–H and O–H groups in total. The van der Waals surface area contributed by atoms with Crippen LogP contribution in [0.1, 0.15) is 37.3 Å². The summed E-state index contributed by atoms with van der Waals surface area (Å²) in [5, 5.41) is 9.20. The number of nitrogens with zero attached hydrogens (tertiary/aromatic N) is 1. The minimum absolute atomic E-state index is 0.0225. The van der Waals surface area contributed by atoms with Gasteiger partial charge in [0, 0.05) is 24.2 Å². The Kier molecular flexibility index (Phi) is 6.21. The maximum absolute atomic E-state index is 13.9. The van der Waals surface area contributed by atoms with Gasteiger partial charge in [-0.1, -0.05) is 30.3 Å². The lowest BCUT2D eigenvalue weighted by atomic mass is 10.0. The number of carbonyl (C=O) groups is 1. The quantitative estimate of drug-likeness (QED) is 0.507. The maximum Gasteiger partial charge on any atom is 0.305 e. The van der Waals surface area contributed by atoms with E-state index in [2.05, 4.69) is 11.8 Å². The molecule has 0 bridgehead atoms. The highest BCUT2D eigenvalue weighted by Crippen LogP contribution is 2.34. The van der Waals surface area contributed by atoms with Gasteiger partial charge < -0.3 is 14.7 Å². The Hall–Kier alpha value is -3.34. The monoisotopic (exact) mass is 419 g/mol. The van der Waals surface area contributed by atoms with Gasteiger partial charge in [0.2, 0.25) is 0 Å². The van der Waals surface area contributed by atoms with E-state index in [1.165, 1.54) is 6.07 Å². The predicted molar refractivity (Wildman–Crippen MR) is 119 cm³/mol. The van der Waals surface area contributed by atoms with Crippen LogP contribution in [0.5, 0.6) is 11.5 Å². The highest BCUT2D eigenvalue weighted by Gasteiger charge is 2.32. The van der Waals surface area contributed by atoms with Gasteiger partial charge in [0.1, 0.15) is 17.3 Å². The maximum atomic E-state index is 13.9. The van der Waals surface area contributed by atoms with E-state index < -0.39 is 5.97 Å². The van der Waals surface area contributed by atoms with Crippen LogP contribution in [0.15, 0.2) is 72.8 Å². The van der Waals surface area contributed by atoms with E-state index in [0.29, 0.717) is 29.5 Å². The molecule has 160 valence electrons. The summed E-state index contributed by atoms with van der Waals surface area (Å²) in [5.41, 5.74) is 2.64. The molecular weight excluding hydrogens is 393 g/mol. The van der Waals surface area contributed by atoms with Crippen LogP contribution in [0.25, 0.3) is 0 Å². The fraction of sp³-hybridized carbons (Fsp3) is 0.269. The number of anilines is 1. The highest BCUT2D eigenvalue weighted by atomic mass is 19.1. The average Bonchev–Trinajstić information content (AvgIpc) is 3.10. The summed E-state index contributed by atoms with van der Waals surface area (Å²) < 4.78 is 20.0. The summed E-state index contributed by atoms with van der Waals surface area (Å²) in [5.74, 6) is 0.425. The molecule has 3 aromatic carbocycles. The Morgan fingerprint density at radius 2 is 1.81 bits per heavy atom. The number of carboxylic acids is 1. The van der Waals surface area contributed by atoms with Crippen molar-refractivity contribution in [3.8, 4) is 11.5 Å². The van der Waals surface area contributed by atoms with Crippen LogP contribution < -0.4 is 9.64 Å². The van der Waals surface area contributed by atoms with Gasteiger partial charge in [-0.15, -0.1) is 0 Å². The van der Waals surface area contributed by atoms with Gasteiger partial charge in [0.15, 0.2) is 0 Å². The van der Waals surface area contributed by atoms with Gasteiger partial charge in [-0.2, -0.15) is 0 Å². The summed E-state index contributed by atoms with van der Waals surface area (Å²) in [6.07, 6.45) is 2.53. The van der Waals surface area contributed by atoms with Crippen molar-refractivity contribution in [1.29, 1.82) is 0 Å². The summed E-state index contributed by atoms with van der Waals surface area (Å²) >= 11 is 0. The topological polar surface area (TPSA) is 49.8 Å². The number of rotatable bonds is 7.